The smallest absolute Gasteiger partial charge is 0.268 e. The molecular formula is C15H12N2OS. The third-order valence-corrected chi connectivity index (χ3v) is 4.61. The second-order valence-electron chi connectivity index (χ2n) is 4.54. The van der Waals surface area contributed by atoms with E-state index in [1.54, 1.807) is 22.9 Å². The van der Waals surface area contributed by atoms with Crippen LogP contribution in [0, 0.1) is 11.3 Å². The summed E-state index contributed by atoms with van der Waals surface area (Å²) in [5, 5.41) is 8.89. The van der Waals surface area contributed by atoms with E-state index in [0.717, 1.165) is 5.75 Å². The summed E-state index contributed by atoms with van der Waals surface area (Å²) in [7, 11) is 0. The molecule has 0 saturated heterocycles. The molecule has 2 aromatic rings. The van der Waals surface area contributed by atoms with Crippen molar-refractivity contribution in [2.75, 3.05) is 5.75 Å². The molecule has 3 rings (SSSR count). The molecular weight excluding hydrogens is 256 g/mol. The maximum absolute atomic E-state index is 12.0. The van der Waals surface area contributed by atoms with Crippen LogP contribution in [0.1, 0.15) is 17.0 Å². The van der Waals surface area contributed by atoms with Crippen molar-refractivity contribution >= 4 is 11.8 Å². The molecule has 4 heteroatoms. The van der Waals surface area contributed by atoms with Gasteiger partial charge in [0, 0.05) is 29.3 Å². The Morgan fingerprint density at radius 2 is 2.16 bits per heavy atom. The Kier molecular flexibility index (Phi) is 3.14. The van der Waals surface area contributed by atoms with Gasteiger partial charge in [-0.15, -0.1) is 11.8 Å². The number of aromatic nitrogens is 1. The van der Waals surface area contributed by atoms with Crippen LogP contribution in [0.4, 0.5) is 0 Å². The molecule has 1 aromatic carbocycles. The molecule has 0 radical (unpaired) electrons. The topological polar surface area (TPSA) is 45.8 Å². The molecule has 0 N–H and O–H groups in total. The number of nitrogens with zero attached hydrogens (tertiary/aromatic N) is 2. The molecule has 19 heavy (non-hydrogen) atoms. The van der Waals surface area contributed by atoms with E-state index in [1.807, 2.05) is 30.0 Å². The summed E-state index contributed by atoms with van der Waals surface area (Å²) in [5.74, 6) is 1.33. The Hall–Kier alpha value is -1.99. The van der Waals surface area contributed by atoms with Gasteiger partial charge >= 0.3 is 0 Å². The minimum Gasteiger partial charge on any atom is -0.314 e. The first-order valence-corrected chi connectivity index (χ1v) is 7.09. The molecule has 1 atom stereocenters. The lowest BCUT2D eigenvalue weighted by Gasteiger charge is -2.12. The average Bonchev–Trinajstić information content (AvgIpc) is 2.85. The first-order valence-electron chi connectivity index (χ1n) is 6.11. The first kappa shape index (κ1) is 12.1. The summed E-state index contributed by atoms with van der Waals surface area (Å²) in [6.45, 7) is 0.637. The highest BCUT2D eigenvalue weighted by molar-refractivity contribution is 7.99. The van der Waals surface area contributed by atoms with E-state index in [1.165, 1.54) is 10.5 Å². The highest BCUT2D eigenvalue weighted by Gasteiger charge is 2.23. The van der Waals surface area contributed by atoms with Crippen LogP contribution in [0.25, 0.3) is 0 Å². The molecule has 0 amide bonds. The highest BCUT2D eigenvalue weighted by atomic mass is 32.2. The predicted octanol–water partition coefficient (Wildman–Crippen LogP) is 2.61. The van der Waals surface area contributed by atoms with Gasteiger partial charge < -0.3 is 4.57 Å². The maximum Gasteiger partial charge on any atom is 0.268 e. The summed E-state index contributed by atoms with van der Waals surface area (Å²) < 4.78 is 1.64. The fourth-order valence-corrected chi connectivity index (χ4v) is 3.63. The molecule has 1 aliphatic rings. The molecule has 0 bridgehead atoms. The van der Waals surface area contributed by atoms with Crippen LogP contribution in [-0.4, -0.2) is 10.3 Å². The number of nitriles is 1. The molecule has 1 unspecified atom stereocenters. The Balaban J connectivity index is 1.92. The van der Waals surface area contributed by atoms with Crippen molar-refractivity contribution in [1.82, 2.24) is 4.57 Å². The lowest BCUT2D eigenvalue weighted by atomic mass is 10.0. The van der Waals surface area contributed by atoms with Crippen molar-refractivity contribution < 1.29 is 0 Å². The third-order valence-electron chi connectivity index (χ3n) is 3.36. The first-order chi connectivity index (χ1) is 9.29. The number of rotatable bonds is 2. The Labute approximate surface area is 115 Å². The van der Waals surface area contributed by atoms with Gasteiger partial charge in [-0.3, -0.25) is 4.79 Å². The van der Waals surface area contributed by atoms with Gasteiger partial charge in [-0.25, -0.2) is 0 Å². The van der Waals surface area contributed by atoms with Gasteiger partial charge in [0.05, 0.1) is 0 Å². The summed E-state index contributed by atoms with van der Waals surface area (Å²) in [5.41, 5.74) is 1.32. The van der Waals surface area contributed by atoms with Crippen LogP contribution in [-0.2, 0) is 6.54 Å². The second kappa shape index (κ2) is 4.94. The minimum absolute atomic E-state index is 0.195. The van der Waals surface area contributed by atoms with E-state index in [4.69, 9.17) is 5.26 Å². The normalized spacial score (nSPS) is 16.9. The van der Waals surface area contributed by atoms with Gasteiger partial charge in [0.2, 0.25) is 0 Å². The van der Waals surface area contributed by atoms with Crippen molar-refractivity contribution in [2.24, 2.45) is 0 Å². The third kappa shape index (κ3) is 2.18. The number of fused-ring (bicyclic) bond motifs is 1. The summed E-state index contributed by atoms with van der Waals surface area (Å²) >= 11 is 1.83. The summed E-state index contributed by atoms with van der Waals surface area (Å²) in [4.78, 5) is 13.3. The molecule has 0 aliphatic carbocycles. The summed E-state index contributed by atoms with van der Waals surface area (Å²) in [6.07, 6.45) is 1.76. The van der Waals surface area contributed by atoms with Gasteiger partial charge in [-0.2, -0.15) is 5.26 Å². The number of hydrogen-bond donors (Lipinski definition) is 0. The van der Waals surface area contributed by atoms with Crippen molar-refractivity contribution in [3.05, 3.63) is 64.1 Å². The second-order valence-corrected chi connectivity index (χ2v) is 5.60. The fourth-order valence-electron chi connectivity index (χ4n) is 2.38. The standard InChI is InChI=1S/C15H12N2OS/c16-8-11-4-3-7-17(15(11)18)9-12-10-19-14-6-2-1-5-13(12)14/h1-7,12H,9-10H2. The monoisotopic (exact) mass is 268 g/mol. The van der Waals surface area contributed by atoms with Gasteiger partial charge in [0.1, 0.15) is 11.6 Å². The molecule has 1 aliphatic heterocycles. The van der Waals surface area contributed by atoms with E-state index >= 15 is 0 Å². The quantitative estimate of drug-likeness (QED) is 0.841. The lowest BCUT2D eigenvalue weighted by Crippen LogP contribution is -2.24. The van der Waals surface area contributed by atoms with Crippen molar-refractivity contribution in [2.45, 2.75) is 17.4 Å². The largest absolute Gasteiger partial charge is 0.314 e. The highest BCUT2D eigenvalue weighted by Crippen LogP contribution is 2.39. The number of thioether (sulfide) groups is 1. The zero-order valence-electron chi connectivity index (χ0n) is 10.2. The van der Waals surface area contributed by atoms with Crippen LogP contribution >= 0.6 is 11.8 Å². The molecule has 0 spiro atoms. The van der Waals surface area contributed by atoms with Gasteiger partial charge in [0.25, 0.3) is 5.56 Å². The Morgan fingerprint density at radius 3 is 3.00 bits per heavy atom. The van der Waals surface area contributed by atoms with E-state index in [2.05, 4.69) is 12.1 Å². The maximum atomic E-state index is 12.0. The zero-order chi connectivity index (χ0) is 13.2. The number of benzene rings is 1. The van der Waals surface area contributed by atoms with Crippen LogP contribution in [0.3, 0.4) is 0 Å². The van der Waals surface area contributed by atoms with Crippen molar-refractivity contribution in [3.63, 3.8) is 0 Å². The van der Waals surface area contributed by atoms with Gasteiger partial charge in [-0.05, 0) is 23.8 Å². The van der Waals surface area contributed by atoms with Gasteiger partial charge in [-0.1, -0.05) is 18.2 Å². The SMILES string of the molecule is N#Cc1cccn(CC2CSc3ccccc32)c1=O. The molecule has 1 aromatic heterocycles. The fraction of sp³-hybridized carbons (Fsp3) is 0.200. The van der Waals surface area contributed by atoms with Crippen LogP contribution in [0.15, 0.2) is 52.3 Å². The van der Waals surface area contributed by atoms with Gasteiger partial charge in [0.15, 0.2) is 0 Å². The predicted molar refractivity (Wildman–Crippen MR) is 75.3 cm³/mol. The van der Waals surface area contributed by atoms with Crippen LogP contribution in [0.5, 0.6) is 0 Å². The van der Waals surface area contributed by atoms with Crippen molar-refractivity contribution in [3.8, 4) is 6.07 Å². The molecule has 3 nitrogen and oxygen atoms in total. The molecule has 0 saturated carbocycles. The number of hydrogen-bond acceptors (Lipinski definition) is 3. The van der Waals surface area contributed by atoms with E-state index in [9.17, 15) is 4.79 Å². The number of pyridine rings is 1. The Bertz CT molecular complexity index is 715. The molecule has 0 fully saturated rings. The Morgan fingerprint density at radius 1 is 1.32 bits per heavy atom. The van der Waals surface area contributed by atoms with E-state index < -0.39 is 0 Å². The minimum atomic E-state index is -0.195. The van der Waals surface area contributed by atoms with Crippen LogP contribution in [0.2, 0.25) is 0 Å². The summed E-state index contributed by atoms with van der Waals surface area (Å²) in [6, 6.07) is 13.6. The van der Waals surface area contributed by atoms with Crippen molar-refractivity contribution in [1.29, 1.82) is 5.26 Å². The van der Waals surface area contributed by atoms with Crippen LogP contribution < -0.4 is 5.56 Å². The molecule has 2 heterocycles. The lowest BCUT2D eigenvalue weighted by molar-refractivity contribution is 0.587. The van der Waals surface area contributed by atoms with E-state index in [0.29, 0.717) is 12.5 Å². The van der Waals surface area contributed by atoms with E-state index in [-0.39, 0.29) is 11.1 Å². The molecule has 94 valence electrons. The average molecular weight is 268 g/mol. The zero-order valence-corrected chi connectivity index (χ0v) is 11.1.